The van der Waals surface area contributed by atoms with E-state index in [0.717, 1.165) is 11.0 Å². The second-order valence-electron chi connectivity index (χ2n) is 6.42. The second-order valence-corrected chi connectivity index (χ2v) is 6.42. The number of rotatable bonds is 1. The summed E-state index contributed by atoms with van der Waals surface area (Å²) >= 11 is 0. The summed E-state index contributed by atoms with van der Waals surface area (Å²) in [6.07, 6.45) is 2.67. The molecule has 122 valence electrons. The summed E-state index contributed by atoms with van der Waals surface area (Å²) in [6.45, 7) is 0. The third-order valence-electron chi connectivity index (χ3n) is 4.90. The number of imidazole rings is 1. The molecule has 1 aliphatic carbocycles. The minimum Gasteiger partial charge on any atom is -0.294 e. The predicted molar refractivity (Wildman–Crippen MR) is 92.3 cm³/mol. The van der Waals surface area contributed by atoms with Crippen molar-refractivity contribution in [3.63, 3.8) is 0 Å². The number of Topliss-reactive ketones (excluding diaryl/α,β-unsaturated/α-hetero) is 1. The highest BCUT2D eigenvalue weighted by atomic mass is 19.1. The quantitative estimate of drug-likeness (QED) is 0.531. The molecule has 0 unspecified atom stereocenters. The zero-order chi connectivity index (χ0) is 17.0. The van der Waals surface area contributed by atoms with Gasteiger partial charge in [-0.25, -0.2) is 14.4 Å². The van der Waals surface area contributed by atoms with Crippen LogP contribution >= 0.6 is 0 Å². The highest BCUT2D eigenvalue weighted by molar-refractivity contribution is 5.99. The van der Waals surface area contributed by atoms with Crippen LogP contribution in [0.25, 0.3) is 16.8 Å². The summed E-state index contributed by atoms with van der Waals surface area (Å²) in [5, 5.41) is 0. The van der Waals surface area contributed by atoms with Gasteiger partial charge >= 0.3 is 0 Å². The lowest BCUT2D eigenvalue weighted by Gasteiger charge is -2.23. The van der Waals surface area contributed by atoms with E-state index in [9.17, 15) is 9.18 Å². The minimum atomic E-state index is -0.267. The summed E-state index contributed by atoms with van der Waals surface area (Å²) in [7, 11) is 0. The Morgan fingerprint density at radius 2 is 1.80 bits per heavy atom. The number of hydrogen-bond donors (Lipinski definition) is 0. The molecular formula is C20H14FN3O. The summed E-state index contributed by atoms with van der Waals surface area (Å²) < 4.78 is 16.0. The number of nitrogens with zero attached hydrogens (tertiary/aromatic N) is 3. The molecule has 0 fully saturated rings. The number of aromatic nitrogens is 3. The van der Waals surface area contributed by atoms with Crippen molar-refractivity contribution in [2.24, 2.45) is 0 Å². The van der Waals surface area contributed by atoms with Crippen molar-refractivity contribution in [2.75, 3.05) is 0 Å². The molecule has 2 aromatic heterocycles. The van der Waals surface area contributed by atoms with Crippen LogP contribution in [0.15, 0.2) is 54.7 Å². The summed E-state index contributed by atoms with van der Waals surface area (Å²) in [5.74, 6) is 0.125. The Hall–Kier alpha value is -3.08. The SMILES string of the molecule is O=C1C[C@@H](c2ccccc2F)Cc2nc3nc4ccccc4n3cc21. The van der Waals surface area contributed by atoms with E-state index < -0.39 is 0 Å². The van der Waals surface area contributed by atoms with Crippen molar-refractivity contribution in [1.29, 1.82) is 0 Å². The van der Waals surface area contributed by atoms with Crippen LogP contribution in [0, 0.1) is 5.82 Å². The van der Waals surface area contributed by atoms with Gasteiger partial charge in [-0.2, -0.15) is 0 Å². The van der Waals surface area contributed by atoms with E-state index in [4.69, 9.17) is 0 Å². The molecular weight excluding hydrogens is 317 g/mol. The monoisotopic (exact) mass is 331 g/mol. The maximum absolute atomic E-state index is 14.1. The van der Waals surface area contributed by atoms with Crippen LogP contribution in [0.1, 0.15) is 34.0 Å². The smallest absolute Gasteiger partial charge is 0.235 e. The lowest BCUT2D eigenvalue weighted by Crippen LogP contribution is -2.21. The molecule has 0 saturated heterocycles. The highest BCUT2D eigenvalue weighted by Gasteiger charge is 2.29. The van der Waals surface area contributed by atoms with Crippen molar-refractivity contribution < 1.29 is 9.18 Å². The Balaban J connectivity index is 1.66. The molecule has 0 amide bonds. The van der Waals surface area contributed by atoms with Gasteiger partial charge in [-0.3, -0.25) is 9.20 Å². The number of benzene rings is 2. The highest BCUT2D eigenvalue weighted by Crippen LogP contribution is 2.33. The molecule has 5 rings (SSSR count). The number of halogens is 1. The van der Waals surface area contributed by atoms with Gasteiger partial charge in [0.15, 0.2) is 5.78 Å². The summed E-state index contributed by atoms with van der Waals surface area (Å²) in [4.78, 5) is 21.8. The molecule has 25 heavy (non-hydrogen) atoms. The number of ketones is 1. The molecule has 0 bridgehead atoms. The Morgan fingerprint density at radius 3 is 2.68 bits per heavy atom. The van der Waals surface area contributed by atoms with E-state index in [1.54, 1.807) is 18.2 Å². The summed E-state index contributed by atoms with van der Waals surface area (Å²) in [5.41, 5.74) is 3.67. The standard InChI is InChI=1S/C20H14FN3O/c21-15-6-2-1-5-13(15)12-9-17-14(19(25)10-12)11-24-18-8-4-3-7-16(18)22-20(24)23-17/h1-8,11-12H,9-10H2/t12-/m0/s1. The molecule has 0 spiro atoms. The Morgan fingerprint density at radius 1 is 1.00 bits per heavy atom. The molecule has 0 radical (unpaired) electrons. The fourth-order valence-electron chi connectivity index (χ4n) is 3.68. The molecule has 1 aliphatic rings. The number of hydrogen-bond acceptors (Lipinski definition) is 3. The first-order valence-corrected chi connectivity index (χ1v) is 8.25. The van der Waals surface area contributed by atoms with Gasteiger partial charge in [-0.15, -0.1) is 0 Å². The molecule has 0 saturated carbocycles. The van der Waals surface area contributed by atoms with Crippen molar-refractivity contribution in [3.05, 3.63) is 77.4 Å². The first-order valence-electron chi connectivity index (χ1n) is 8.25. The number of carbonyl (C=O) groups is 1. The second kappa shape index (κ2) is 5.21. The molecule has 1 atom stereocenters. The molecule has 2 heterocycles. The van der Waals surface area contributed by atoms with Crippen LogP contribution in [-0.4, -0.2) is 20.2 Å². The van der Waals surface area contributed by atoms with Crippen LogP contribution in [-0.2, 0) is 6.42 Å². The van der Waals surface area contributed by atoms with E-state index in [0.29, 0.717) is 35.4 Å². The molecule has 0 N–H and O–H groups in total. The van der Waals surface area contributed by atoms with E-state index in [1.807, 2.05) is 34.9 Å². The Bertz CT molecular complexity index is 1150. The Kier molecular flexibility index (Phi) is 2.98. The van der Waals surface area contributed by atoms with Gasteiger partial charge in [0.05, 0.1) is 22.3 Å². The van der Waals surface area contributed by atoms with Gasteiger partial charge in [0.1, 0.15) is 5.82 Å². The van der Waals surface area contributed by atoms with Gasteiger partial charge in [-0.1, -0.05) is 30.3 Å². The average molecular weight is 331 g/mol. The van der Waals surface area contributed by atoms with Crippen LogP contribution in [0.3, 0.4) is 0 Å². The maximum atomic E-state index is 14.1. The zero-order valence-electron chi connectivity index (χ0n) is 13.3. The fraction of sp³-hybridized carbons (Fsp3) is 0.150. The van der Waals surface area contributed by atoms with Crippen molar-refractivity contribution in [1.82, 2.24) is 14.4 Å². The fourth-order valence-corrected chi connectivity index (χ4v) is 3.68. The number of para-hydroxylation sites is 2. The first kappa shape index (κ1) is 14.3. The van der Waals surface area contributed by atoms with Crippen molar-refractivity contribution >= 4 is 22.6 Å². The molecule has 4 aromatic rings. The van der Waals surface area contributed by atoms with Crippen molar-refractivity contribution in [2.45, 2.75) is 18.8 Å². The average Bonchev–Trinajstić information content (AvgIpc) is 2.98. The molecule has 2 aromatic carbocycles. The Labute approximate surface area is 143 Å². The third-order valence-corrected chi connectivity index (χ3v) is 4.90. The van der Waals surface area contributed by atoms with Crippen molar-refractivity contribution in [3.8, 4) is 0 Å². The molecule has 0 aliphatic heterocycles. The lowest BCUT2D eigenvalue weighted by atomic mass is 9.82. The maximum Gasteiger partial charge on any atom is 0.235 e. The number of carbonyl (C=O) groups excluding carboxylic acids is 1. The van der Waals surface area contributed by atoms with Crippen LogP contribution < -0.4 is 0 Å². The first-order chi connectivity index (χ1) is 12.2. The van der Waals surface area contributed by atoms with E-state index in [1.165, 1.54) is 6.07 Å². The normalized spacial score (nSPS) is 17.2. The molecule has 4 nitrogen and oxygen atoms in total. The van der Waals surface area contributed by atoms with Gasteiger partial charge < -0.3 is 0 Å². The van der Waals surface area contributed by atoms with Gasteiger partial charge in [0, 0.05) is 12.6 Å². The zero-order valence-corrected chi connectivity index (χ0v) is 13.3. The van der Waals surface area contributed by atoms with Gasteiger partial charge in [0.25, 0.3) is 0 Å². The summed E-state index contributed by atoms with van der Waals surface area (Å²) in [6, 6.07) is 14.4. The van der Waals surface area contributed by atoms with E-state index >= 15 is 0 Å². The predicted octanol–water partition coefficient (Wildman–Crippen LogP) is 3.93. The van der Waals surface area contributed by atoms with Crippen LogP contribution in [0.5, 0.6) is 0 Å². The lowest BCUT2D eigenvalue weighted by molar-refractivity contribution is 0.0962. The van der Waals surface area contributed by atoms with Gasteiger partial charge in [-0.05, 0) is 36.1 Å². The number of fused-ring (bicyclic) bond motifs is 4. The van der Waals surface area contributed by atoms with Crippen LogP contribution in [0.4, 0.5) is 4.39 Å². The van der Waals surface area contributed by atoms with E-state index in [2.05, 4.69) is 9.97 Å². The third kappa shape index (κ3) is 2.16. The van der Waals surface area contributed by atoms with Crippen LogP contribution in [0.2, 0.25) is 0 Å². The topological polar surface area (TPSA) is 47.3 Å². The van der Waals surface area contributed by atoms with E-state index in [-0.39, 0.29) is 17.5 Å². The minimum absolute atomic E-state index is 0.00156. The largest absolute Gasteiger partial charge is 0.294 e. The molecule has 5 heteroatoms. The van der Waals surface area contributed by atoms with Gasteiger partial charge in [0.2, 0.25) is 5.78 Å².